The van der Waals surface area contributed by atoms with Gasteiger partial charge < -0.3 is 5.32 Å². The van der Waals surface area contributed by atoms with E-state index in [1.807, 2.05) is 11.7 Å². The molecular formula is C14H22BrN3. The fourth-order valence-electron chi connectivity index (χ4n) is 3.03. The van der Waals surface area contributed by atoms with Gasteiger partial charge in [-0.1, -0.05) is 6.92 Å². The van der Waals surface area contributed by atoms with E-state index in [1.165, 1.54) is 42.4 Å². The van der Waals surface area contributed by atoms with Gasteiger partial charge in [0.05, 0.1) is 15.9 Å². The van der Waals surface area contributed by atoms with E-state index in [2.05, 4.69) is 33.3 Å². The first-order chi connectivity index (χ1) is 8.66. The fourth-order valence-corrected chi connectivity index (χ4v) is 3.78. The summed E-state index contributed by atoms with van der Waals surface area (Å²) in [5, 5.41) is 8.19. The van der Waals surface area contributed by atoms with E-state index in [0.29, 0.717) is 5.41 Å². The predicted octanol–water partition coefficient (Wildman–Crippen LogP) is 3.02. The molecule has 2 aliphatic rings. The largest absolute Gasteiger partial charge is 0.311 e. The Hall–Kier alpha value is -0.350. The van der Waals surface area contributed by atoms with Crippen LogP contribution in [0.1, 0.15) is 44.0 Å². The zero-order valence-electron chi connectivity index (χ0n) is 11.3. The third-order valence-corrected chi connectivity index (χ3v) is 5.52. The molecule has 0 saturated heterocycles. The normalized spacial score (nSPS) is 21.3. The lowest BCUT2D eigenvalue weighted by Gasteiger charge is -2.15. The van der Waals surface area contributed by atoms with Crippen LogP contribution in [-0.2, 0) is 20.0 Å². The van der Waals surface area contributed by atoms with E-state index >= 15 is 0 Å². The molecule has 3 nitrogen and oxygen atoms in total. The molecular weight excluding hydrogens is 290 g/mol. The highest BCUT2D eigenvalue weighted by Gasteiger charge is 2.53. The lowest BCUT2D eigenvalue weighted by molar-refractivity contribution is 0.400. The summed E-state index contributed by atoms with van der Waals surface area (Å²) < 4.78 is 3.20. The van der Waals surface area contributed by atoms with Crippen molar-refractivity contribution in [1.82, 2.24) is 15.1 Å². The van der Waals surface area contributed by atoms with Gasteiger partial charge in [-0.2, -0.15) is 5.10 Å². The maximum Gasteiger partial charge on any atom is 0.0767 e. The predicted molar refractivity (Wildman–Crippen MR) is 76.4 cm³/mol. The van der Waals surface area contributed by atoms with Crippen molar-refractivity contribution >= 4 is 15.9 Å². The van der Waals surface area contributed by atoms with Crippen LogP contribution in [0.3, 0.4) is 0 Å². The summed E-state index contributed by atoms with van der Waals surface area (Å²) in [6.07, 6.45) is 6.81. The monoisotopic (exact) mass is 311 g/mol. The summed E-state index contributed by atoms with van der Waals surface area (Å²) in [5.41, 5.74) is 3.12. The van der Waals surface area contributed by atoms with Crippen LogP contribution in [0, 0.1) is 11.3 Å². The Labute approximate surface area is 117 Å². The van der Waals surface area contributed by atoms with E-state index < -0.39 is 0 Å². The van der Waals surface area contributed by atoms with Crippen molar-refractivity contribution in [1.29, 1.82) is 0 Å². The van der Waals surface area contributed by atoms with Crippen LogP contribution in [0.4, 0.5) is 0 Å². The summed E-state index contributed by atoms with van der Waals surface area (Å²) in [6, 6.07) is 0. The molecule has 0 radical (unpaired) electrons. The summed E-state index contributed by atoms with van der Waals surface area (Å²) >= 11 is 3.68. The molecule has 0 unspecified atom stereocenters. The van der Waals surface area contributed by atoms with Crippen LogP contribution in [0.25, 0.3) is 0 Å². The Morgan fingerprint density at radius 2 is 2.17 bits per heavy atom. The minimum absolute atomic E-state index is 0.679. The maximum atomic E-state index is 4.54. The molecule has 0 spiro atoms. The number of aryl methyl sites for hydroxylation is 2. The van der Waals surface area contributed by atoms with Crippen molar-refractivity contribution in [2.24, 2.45) is 18.4 Å². The van der Waals surface area contributed by atoms with Gasteiger partial charge in [-0.05, 0) is 59.4 Å². The smallest absolute Gasteiger partial charge is 0.0767 e. The topological polar surface area (TPSA) is 29.9 Å². The second kappa shape index (κ2) is 4.64. The molecule has 4 heteroatoms. The Morgan fingerprint density at radius 1 is 1.44 bits per heavy atom. The Morgan fingerprint density at radius 3 is 2.67 bits per heavy atom. The fraction of sp³-hybridized carbons (Fsp3) is 0.786. The second-order valence-electron chi connectivity index (χ2n) is 5.92. The molecule has 0 atom stereocenters. The zero-order chi connectivity index (χ0) is 12.8. The van der Waals surface area contributed by atoms with E-state index in [0.717, 1.165) is 24.6 Å². The van der Waals surface area contributed by atoms with Crippen molar-refractivity contribution in [2.75, 3.05) is 6.54 Å². The van der Waals surface area contributed by atoms with Crippen molar-refractivity contribution in [2.45, 2.75) is 45.6 Å². The molecule has 1 N–H and O–H groups in total. The molecule has 1 aromatic rings. The number of aromatic nitrogens is 2. The molecule has 0 bridgehead atoms. The Kier molecular flexibility index (Phi) is 3.27. The molecule has 1 aromatic heterocycles. The highest BCUT2D eigenvalue weighted by molar-refractivity contribution is 9.10. The number of hydrogen-bond donors (Lipinski definition) is 1. The number of rotatable bonds is 6. The molecule has 18 heavy (non-hydrogen) atoms. The van der Waals surface area contributed by atoms with Crippen LogP contribution >= 0.6 is 15.9 Å². The van der Waals surface area contributed by atoms with Crippen LogP contribution in [0.5, 0.6) is 0 Å². The second-order valence-corrected chi connectivity index (χ2v) is 6.72. The van der Waals surface area contributed by atoms with Crippen molar-refractivity contribution < 1.29 is 0 Å². The highest BCUT2D eigenvalue weighted by atomic mass is 79.9. The molecule has 0 aromatic carbocycles. The van der Waals surface area contributed by atoms with Crippen LogP contribution in [0.2, 0.25) is 0 Å². The molecule has 1 heterocycles. The van der Waals surface area contributed by atoms with Gasteiger partial charge in [0.25, 0.3) is 0 Å². The first-order valence-electron chi connectivity index (χ1n) is 7.07. The summed E-state index contributed by atoms with van der Waals surface area (Å²) in [6.45, 7) is 4.27. The Bertz CT molecular complexity index is 444. The van der Waals surface area contributed by atoms with Crippen molar-refractivity contribution in [3.05, 3.63) is 15.9 Å². The first-order valence-corrected chi connectivity index (χ1v) is 7.86. The minimum atomic E-state index is 0.679. The first kappa shape index (κ1) is 12.7. The maximum absolute atomic E-state index is 4.54. The number of nitrogens with one attached hydrogen (secondary N) is 1. The number of halogens is 1. The molecule has 100 valence electrons. The lowest BCUT2D eigenvalue weighted by atomic mass is 10.0. The molecule has 2 aliphatic carbocycles. The van der Waals surface area contributed by atoms with Gasteiger partial charge in [0, 0.05) is 20.1 Å². The molecule has 0 amide bonds. The van der Waals surface area contributed by atoms with Crippen molar-refractivity contribution in [3.63, 3.8) is 0 Å². The van der Waals surface area contributed by atoms with E-state index in [9.17, 15) is 0 Å². The van der Waals surface area contributed by atoms with Crippen LogP contribution < -0.4 is 5.32 Å². The standard InChI is InChI=1S/C14H22BrN3/c1-3-11-13(15)12(18(2)17-11)8-16-9-14(6-7-14)10-4-5-10/h10,16H,3-9H2,1-2H3. The molecule has 2 fully saturated rings. The number of nitrogens with zero attached hydrogens (tertiary/aromatic N) is 2. The SMILES string of the molecule is CCc1nn(C)c(CNCC2(C3CC3)CC2)c1Br. The van der Waals surface area contributed by atoms with Gasteiger partial charge in [-0.3, -0.25) is 4.68 Å². The van der Waals surface area contributed by atoms with Crippen LogP contribution in [0.15, 0.2) is 4.47 Å². The molecule has 0 aliphatic heterocycles. The summed E-state index contributed by atoms with van der Waals surface area (Å²) in [7, 11) is 2.04. The van der Waals surface area contributed by atoms with Crippen LogP contribution in [-0.4, -0.2) is 16.3 Å². The summed E-state index contributed by atoms with van der Waals surface area (Å²) in [5.74, 6) is 1.03. The van der Waals surface area contributed by atoms with Gasteiger partial charge in [0.1, 0.15) is 0 Å². The third kappa shape index (κ3) is 2.25. The summed E-state index contributed by atoms with van der Waals surface area (Å²) in [4.78, 5) is 0. The minimum Gasteiger partial charge on any atom is -0.311 e. The van der Waals surface area contributed by atoms with Gasteiger partial charge in [-0.15, -0.1) is 0 Å². The van der Waals surface area contributed by atoms with Gasteiger partial charge in [0.2, 0.25) is 0 Å². The average Bonchev–Trinajstić information content (AvgIpc) is 3.23. The van der Waals surface area contributed by atoms with E-state index in [-0.39, 0.29) is 0 Å². The van der Waals surface area contributed by atoms with Crippen molar-refractivity contribution in [3.8, 4) is 0 Å². The van der Waals surface area contributed by atoms with Gasteiger partial charge in [-0.25, -0.2) is 0 Å². The quantitative estimate of drug-likeness (QED) is 0.875. The third-order valence-electron chi connectivity index (χ3n) is 4.61. The average molecular weight is 312 g/mol. The lowest BCUT2D eigenvalue weighted by Crippen LogP contribution is -2.26. The zero-order valence-corrected chi connectivity index (χ0v) is 12.9. The van der Waals surface area contributed by atoms with Gasteiger partial charge in [0.15, 0.2) is 0 Å². The van der Waals surface area contributed by atoms with Gasteiger partial charge >= 0.3 is 0 Å². The molecule has 2 saturated carbocycles. The number of hydrogen-bond acceptors (Lipinski definition) is 2. The highest BCUT2D eigenvalue weighted by Crippen LogP contribution is 2.60. The molecule has 3 rings (SSSR count). The Balaban J connectivity index is 1.58. The van der Waals surface area contributed by atoms with E-state index in [1.54, 1.807) is 0 Å². The van der Waals surface area contributed by atoms with E-state index in [4.69, 9.17) is 0 Å².